The minimum Gasteiger partial charge on any atom is -0.418 e. The summed E-state index contributed by atoms with van der Waals surface area (Å²) in [5.41, 5.74) is 0. The predicted molar refractivity (Wildman–Crippen MR) is 77.6 cm³/mol. The van der Waals surface area contributed by atoms with E-state index in [4.69, 9.17) is 9.15 Å². The number of ether oxygens (including phenoxy) is 1. The lowest BCUT2D eigenvalue weighted by Gasteiger charge is -2.35. The zero-order chi connectivity index (χ0) is 13.9. The second-order valence-electron chi connectivity index (χ2n) is 4.99. The molecule has 2 atom stereocenters. The highest BCUT2D eigenvalue weighted by Gasteiger charge is 2.27. The molecule has 0 aliphatic carbocycles. The minimum absolute atomic E-state index is 0.133. The molecule has 1 aliphatic heterocycles. The van der Waals surface area contributed by atoms with Crippen LogP contribution in [0.1, 0.15) is 32.2 Å². The smallest absolute Gasteiger partial charge is 0.257 e. The number of hydrogen-bond acceptors (Lipinski definition) is 6. The van der Waals surface area contributed by atoms with Crippen molar-refractivity contribution in [1.29, 1.82) is 0 Å². The van der Waals surface area contributed by atoms with Gasteiger partial charge in [-0.25, -0.2) is 0 Å². The molecule has 0 N–H and O–H groups in total. The van der Waals surface area contributed by atoms with Gasteiger partial charge in [0, 0.05) is 13.1 Å². The zero-order valence-corrected chi connectivity index (χ0v) is 12.6. The average molecular weight is 293 g/mol. The molecule has 1 fully saturated rings. The molecule has 3 rings (SSSR count). The number of thiophene rings is 1. The molecular formula is C14H19N3O2S. The molecule has 20 heavy (non-hydrogen) atoms. The maximum atomic E-state index is 5.82. The summed E-state index contributed by atoms with van der Waals surface area (Å²) >= 11 is 1.61. The van der Waals surface area contributed by atoms with Crippen LogP contribution in [0.15, 0.2) is 21.9 Å². The molecule has 5 nitrogen and oxygen atoms in total. The lowest BCUT2D eigenvalue weighted by atomic mass is 10.2. The van der Waals surface area contributed by atoms with Gasteiger partial charge >= 0.3 is 0 Å². The first kappa shape index (κ1) is 13.7. The van der Waals surface area contributed by atoms with Gasteiger partial charge in [0.05, 0.1) is 23.6 Å². The van der Waals surface area contributed by atoms with Crippen LogP contribution < -0.4 is 0 Å². The first-order valence-electron chi connectivity index (χ1n) is 7.01. The summed E-state index contributed by atoms with van der Waals surface area (Å²) in [6.07, 6.45) is 1.35. The van der Waals surface area contributed by atoms with Gasteiger partial charge in [0.2, 0.25) is 5.89 Å². The first-order chi connectivity index (χ1) is 9.78. The van der Waals surface area contributed by atoms with Gasteiger partial charge in [0.15, 0.2) is 0 Å². The topological polar surface area (TPSA) is 51.4 Å². The quantitative estimate of drug-likeness (QED) is 0.867. The Labute approximate surface area is 122 Å². The lowest BCUT2D eigenvalue weighted by molar-refractivity contribution is -0.0456. The van der Waals surface area contributed by atoms with E-state index in [1.807, 2.05) is 17.5 Å². The highest BCUT2D eigenvalue weighted by molar-refractivity contribution is 7.13. The average Bonchev–Trinajstić information content (AvgIpc) is 3.17. The van der Waals surface area contributed by atoms with E-state index in [2.05, 4.69) is 28.9 Å². The van der Waals surface area contributed by atoms with Crippen molar-refractivity contribution < 1.29 is 9.15 Å². The van der Waals surface area contributed by atoms with Crippen LogP contribution in [0.3, 0.4) is 0 Å². The molecule has 0 saturated carbocycles. The fourth-order valence-corrected chi connectivity index (χ4v) is 3.04. The summed E-state index contributed by atoms with van der Waals surface area (Å²) in [7, 11) is 0. The van der Waals surface area contributed by atoms with Gasteiger partial charge in [-0.3, -0.25) is 4.90 Å². The largest absolute Gasteiger partial charge is 0.418 e. The third-order valence-electron chi connectivity index (χ3n) is 3.70. The molecule has 0 radical (unpaired) electrons. The van der Waals surface area contributed by atoms with Crippen LogP contribution in [0.5, 0.6) is 0 Å². The van der Waals surface area contributed by atoms with E-state index in [9.17, 15) is 0 Å². The number of rotatable bonds is 4. The molecule has 6 heteroatoms. The Kier molecular flexibility index (Phi) is 4.14. The van der Waals surface area contributed by atoms with Gasteiger partial charge in [-0.2, -0.15) is 0 Å². The number of morpholine rings is 1. The van der Waals surface area contributed by atoms with Gasteiger partial charge in [0.1, 0.15) is 0 Å². The molecule has 0 aromatic carbocycles. The Morgan fingerprint density at radius 1 is 1.50 bits per heavy atom. The van der Waals surface area contributed by atoms with Crippen molar-refractivity contribution in [3.8, 4) is 10.8 Å². The van der Waals surface area contributed by atoms with Crippen LogP contribution in [-0.4, -0.2) is 40.9 Å². The molecule has 0 spiro atoms. The Hall–Kier alpha value is -1.24. The molecule has 2 unspecified atom stereocenters. The van der Waals surface area contributed by atoms with Crippen molar-refractivity contribution >= 4 is 11.3 Å². The number of hydrogen-bond donors (Lipinski definition) is 0. The Morgan fingerprint density at radius 2 is 2.40 bits per heavy atom. The summed E-state index contributed by atoms with van der Waals surface area (Å²) in [5.74, 6) is 1.30. The van der Waals surface area contributed by atoms with Crippen LogP contribution in [0.25, 0.3) is 10.8 Å². The van der Waals surface area contributed by atoms with Crippen LogP contribution in [0, 0.1) is 0 Å². The molecule has 2 aromatic heterocycles. The monoisotopic (exact) mass is 293 g/mol. The maximum absolute atomic E-state index is 5.82. The van der Waals surface area contributed by atoms with Crippen LogP contribution in [-0.2, 0) is 4.74 Å². The highest BCUT2D eigenvalue weighted by atomic mass is 32.1. The van der Waals surface area contributed by atoms with Crippen molar-refractivity contribution in [2.24, 2.45) is 0 Å². The van der Waals surface area contributed by atoms with E-state index in [0.29, 0.717) is 17.9 Å². The lowest BCUT2D eigenvalue weighted by Crippen LogP contribution is -2.43. The van der Waals surface area contributed by atoms with Crippen LogP contribution in [0.4, 0.5) is 0 Å². The molecule has 1 saturated heterocycles. The van der Waals surface area contributed by atoms with Crippen molar-refractivity contribution in [2.45, 2.75) is 32.4 Å². The molecule has 1 aliphatic rings. The van der Waals surface area contributed by atoms with E-state index in [1.165, 1.54) is 0 Å². The van der Waals surface area contributed by atoms with Crippen molar-refractivity contribution in [2.75, 3.05) is 19.7 Å². The Morgan fingerprint density at radius 3 is 3.15 bits per heavy atom. The van der Waals surface area contributed by atoms with Gasteiger partial charge in [0.25, 0.3) is 5.89 Å². The van der Waals surface area contributed by atoms with Gasteiger partial charge in [-0.05, 0) is 24.8 Å². The fourth-order valence-electron chi connectivity index (χ4n) is 2.40. The maximum Gasteiger partial charge on any atom is 0.257 e. The van der Waals surface area contributed by atoms with Crippen molar-refractivity contribution in [1.82, 2.24) is 15.1 Å². The third-order valence-corrected chi connectivity index (χ3v) is 4.56. The van der Waals surface area contributed by atoms with Gasteiger partial charge < -0.3 is 9.15 Å². The second-order valence-corrected chi connectivity index (χ2v) is 5.94. The summed E-state index contributed by atoms with van der Waals surface area (Å²) in [5, 5.41) is 10.4. The van der Waals surface area contributed by atoms with E-state index in [0.717, 1.165) is 31.0 Å². The molecule has 0 bridgehead atoms. The third kappa shape index (κ3) is 2.77. The van der Waals surface area contributed by atoms with E-state index < -0.39 is 0 Å². The molecule has 3 heterocycles. The van der Waals surface area contributed by atoms with Gasteiger partial charge in [-0.1, -0.05) is 13.0 Å². The molecule has 108 valence electrons. The van der Waals surface area contributed by atoms with Crippen LogP contribution >= 0.6 is 11.3 Å². The first-order valence-corrected chi connectivity index (χ1v) is 7.88. The van der Waals surface area contributed by atoms with Crippen LogP contribution in [0.2, 0.25) is 0 Å². The number of nitrogens with zero attached hydrogens (tertiary/aromatic N) is 3. The summed E-state index contributed by atoms with van der Waals surface area (Å²) in [4.78, 5) is 3.37. The van der Waals surface area contributed by atoms with E-state index in [-0.39, 0.29) is 6.04 Å². The SMILES string of the molecule is CCC1CN(C(C)c2nnc(-c3cccs3)o2)CCO1. The van der Waals surface area contributed by atoms with Crippen molar-refractivity contribution in [3.05, 3.63) is 23.4 Å². The van der Waals surface area contributed by atoms with E-state index in [1.54, 1.807) is 11.3 Å². The summed E-state index contributed by atoms with van der Waals surface area (Å²) in [6.45, 7) is 6.88. The van der Waals surface area contributed by atoms with Crippen molar-refractivity contribution in [3.63, 3.8) is 0 Å². The fraction of sp³-hybridized carbons (Fsp3) is 0.571. The minimum atomic E-state index is 0.133. The van der Waals surface area contributed by atoms with Gasteiger partial charge in [-0.15, -0.1) is 21.5 Å². The molecular weight excluding hydrogens is 274 g/mol. The Balaban J connectivity index is 1.72. The second kappa shape index (κ2) is 6.03. The normalized spacial score (nSPS) is 22.0. The molecule has 0 amide bonds. The Bertz CT molecular complexity index is 540. The predicted octanol–water partition coefficient (Wildman–Crippen LogP) is 2.97. The standard InChI is InChI=1S/C14H19N3O2S/c1-3-11-9-17(6-7-18-11)10(2)13-15-16-14(19-13)12-5-4-8-20-12/h4-5,8,10-11H,3,6-7,9H2,1-2H3. The summed E-state index contributed by atoms with van der Waals surface area (Å²) < 4.78 is 11.5. The summed E-state index contributed by atoms with van der Waals surface area (Å²) in [6, 6.07) is 4.12. The highest BCUT2D eigenvalue weighted by Crippen LogP contribution is 2.27. The zero-order valence-electron chi connectivity index (χ0n) is 11.8. The number of aromatic nitrogens is 2. The van der Waals surface area contributed by atoms with E-state index >= 15 is 0 Å². The molecule has 2 aromatic rings.